The molecule has 0 aliphatic heterocycles. The number of hydrogen-bond donors (Lipinski definition) is 2. The third-order valence-electron chi connectivity index (χ3n) is 3.40. The van der Waals surface area contributed by atoms with Gasteiger partial charge in [0.1, 0.15) is 23.1 Å². The molecule has 1 fully saturated rings. The van der Waals surface area contributed by atoms with Gasteiger partial charge in [-0.15, -0.1) is 0 Å². The number of nitrogens with zero attached hydrogens (tertiary/aromatic N) is 1. The van der Waals surface area contributed by atoms with Crippen molar-refractivity contribution in [1.82, 2.24) is 4.98 Å². The summed E-state index contributed by atoms with van der Waals surface area (Å²) in [4.78, 5) is 4.25. The zero-order valence-corrected chi connectivity index (χ0v) is 11.0. The highest BCUT2D eigenvalue weighted by Crippen LogP contribution is 2.27. The first-order chi connectivity index (χ1) is 9.70. The Labute approximate surface area is 116 Å². The number of nitrogens with two attached hydrogens (primary N) is 1. The van der Waals surface area contributed by atoms with Gasteiger partial charge in [-0.25, -0.2) is 9.37 Å². The maximum atomic E-state index is 13.4. The van der Waals surface area contributed by atoms with Gasteiger partial charge in [0.15, 0.2) is 0 Å². The molecule has 1 saturated carbocycles. The lowest BCUT2D eigenvalue weighted by molar-refractivity contribution is 0.443. The average Bonchev–Trinajstić information content (AvgIpc) is 2.39. The van der Waals surface area contributed by atoms with Crippen molar-refractivity contribution in [2.45, 2.75) is 25.3 Å². The fourth-order valence-electron chi connectivity index (χ4n) is 2.02. The molecule has 0 spiro atoms. The van der Waals surface area contributed by atoms with E-state index in [0.717, 1.165) is 5.82 Å². The normalized spacial score (nSPS) is 14.7. The molecule has 0 bridgehead atoms. The van der Waals surface area contributed by atoms with Gasteiger partial charge in [-0.1, -0.05) is 0 Å². The third-order valence-corrected chi connectivity index (χ3v) is 3.40. The zero-order valence-electron chi connectivity index (χ0n) is 11.0. The van der Waals surface area contributed by atoms with E-state index in [1.165, 1.54) is 31.4 Å². The lowest BCUT2D eigenvalue weighted by Gasteiger charge is -2.26. The van der Waals surface area contributed by atoms with Crippen molar-refractivity contribution < 1.29 is 9.13 Å². The Morgan fingerprint density at radius 1 is 1.20 bits per heavy atom. The molecule has 1 heterocycles. The number of ether oxygens (including phenoxy) is 1. The SMILES string of the molecule is Nc1ccc(Oc2ccnc(NC3CCC3)c2)cc1F. The van der Waals surface area contributed by atoms with Crippen molar-refractivity contribution in [3.63, 3.8) is 0 Å². The molecule has 0 saturated heterocycles. The smallest absolute Gasteiger partial charge is 0.149 e. The highest BCUT2D eigenvalue weighted by molar-refractivity contribution is 5.46. The molecule has 1 aromatic heterocycles. The molecule has 5 heteroatoms. The molecule has 104 valence electrons. The minimum Gasteiger partial charge on any atom is -0.457 e. The van der Waals surface area contributed by atoms with Crippen LogP contribution in [0.2, 0.25) is 0 Å². The summed E-state index contributed by atoms with van der Waals surface area (Å²) in [5, 5.41) is 3.34. The van der Waals surface area contributed by atoms with E-state index in [2.05, 4.69) is 10.3 Å². The van der Waals surface area contributed by atoms with Crippen LogP contribution >= 0.6 is 0 Å². The van der Waals surface area contributed by atoms with Gasteiger partial charge in [0.05, 0.1) is 5.69 Å². The molecule has 3 N–H and O–H groups in total. The van der Waals surface area contributed by atoms with Crippen LogP contribution in [-0.4, -0.2) is 11.0 Å². The molecule has 0 atom stereocenters. The maximum Gasteiger partial charge on any atom is 0.149 e. The third kappa shape index (κ3) is 2.82. The van der Waals surface area contributed by atoms with Crippen LogP contribution in [0.4, 0.5) is 15.9 Å². The van der Waals surface area contributed by atoms with E-state index in [4.69, 9.17) is 10.5 Å². The topological polar surface area (TPSA) is 60.2 Å². The van der Waals surface area contributed by atoms with E-state index in [0.29, 0.717) is 17.5 Å². The highest BCUT2D eigenvalue weighted by atomic mass is 19.1. The van der Waals surface area contributed by atoms with Crippen LogP contribution in [0, 0.1) is 5.82 Å². The van der Waals surface area contributed by atoms with Crippen molar-refractivity contribution in [2.24, 2.45) is 0 Å². The number of hydrogen-bond acceptors (Lipinski definition) is 4. The summed E-state index contributed by atoms with van der Waals surface area (Å²) < 4.78 is 19.0. The van der Waals surface area contributed by atoms with Gasteiger partial charge in [0.25, 0.3) is 0 Å². The van der Waals surface area contributed by atoms with Crippen LogP contribution in [0.15, 0.2) is 36.5 Å². The van der Waals surface area contributed by atoms with Crippen molar-refractivity contribution in [1.29, 1.82) is 0 Å². The average molecular weight is 273 g/mol. The Hall–Kier alpha value is -2.30. The monoisotopic (exact) mass is 273 g/mol. The lowest BCUT2D eigenvalue weighted by atomic mass is 9.93. The molecule has 4 nitrogen and oxygen atoms in total. The van der Waals surface area contributed by atoms with Gasteiger partial charge in [0, 0.05) is 24.4 Å². The van der Waals surface area contributed by atoms with Crippen LogP contribution in [0.3, 0.4) is 0 Å². The number of rotatable bonds is 4. The Morgan fingerprint density at radius 3 is 2.70 bits per heavy atom. The minimum absolute atomic E-state index is 0.111. The summed E-state index contributed by atoms with van der Waals surface area (Å²) in [6.45, 7) is 0. The zero-order chi connectivity index (χ0) is 13.9. The first-order valence-corrected chi connectivity index (χ1v) is 6.66. The van der Waals surface area contributed by atoms with Crippen LogP contribution < -0.4 is 15.8 Å². The molecule has 0 amide bonds. The van der Waals surface area contributed by atoms with E-state index in [1.807, 2.05) is 6.07 Å². The summed E-state index contributed by atoms with van der Waals surface area (Å²) in [6.07, 6.45) is 5.29. The highest BCUT2D eigenvalue weighted by Gasteiger charge is 2.17. The minimum atomic E-state index is -0.482. The van der Waals surface area contributed by atoms with Crippen LogP contribution in [0.1, 0.15) is 19.3 Å². The Kier molecular flexibility index (Phi) is 3.41. The molecule has 0 radical (unpaired) electrons. The predicted molar refractivity (Wildman–Crippen MR) is 76.4 cm³/mol. The fourth-order valence-corrected chi connectivity index (χ4v) is 2.02. The first kappa shape index (κ1) is 12.7. The second-order valence-corrected chi connectivity index (χ2v) is 4.93. The van der Waals surface area contributed by atoms with Crippen molar-refractivity contribution in [2.75, 3.05) is 11.1 Å². The van der Waals surface area contributed by atoms with Gasteiger partial charge >= 0.3 is 0 Å². The molecule has 20 heavy (non-hydrogen) atoms. The predicted octanol–water partition coefficient (Wildman–Crippen LogP) is 3.56. The summed E-state index contributed by atoms with van der Waals surface area (Å²) in [5.41, 5.74) is 5.54. The van der Waals surface area contributed by atoms with E-state index < -0.39 is 5.82 Å². The Bertz CT molecular complexity index is 614. The molecule has 2 aromatic rings. The van der Waals surface area contributed by atoms with Gasteiger partial charge in [-0.05, 0) is 37.5 Å². The molecule has 1 aromatic carbocycles. The summed E-state index contributed by atoms with van der Waals surface area (Å²) >= 11 is 0. The fraction of sp³-hybridized carbons (Fsp3) is 0.267. The first-order valence-electron chi connectivity index (χ1n) is 6.66. The van der Waals surface area contributed by atoms with Gasteiger partial charge in [-0.2, -0.15) is 0 Å². The van der Waals surface area contributed by atoms with Gasteiger partial charge < -0.3 is 15.8 Å². The number of pyridine rings is 1. The van der Waals surface area contributed by atoms with Crippen molar-refractivity contribution in [3.05, 3.63) is 42.3 Å². The van der Waals surface area contributed by atoms with Crippen LogP contribution in [-0.2, 0) is 0 Å². The van der Waals surface area contributed by atoms with E-state index in [-0.39, 0.29) is 5.69 Å². The summed E-state index contributed by atoms with van der Waals surface area (Å²) in [6, 6.07) is 8.45. The summed E-state index contributed by atoms with van der Waals surface area (Å²) in [5.74, 6) is 1.33. The second kappa shape index (κ2) is 5.36. The molecular formula is C15H16FN3O. The maximum absolute atomic E-state index is 13.4. The Morgan fingerprint density at radius 2 is 2.00 bits per heavy atom. The molecular weight excluding hydrogens is 257 g/mol. The molecule has 3 rings (SSSR count). The van der Waals surface area contributed by atoms with E-state index in [1.54, 1.807) is 18.3 Å². The standard InChI is InChI=1S/C15H16FN3O/c16-13-8-11(4-5-14(13)17)20-12-6-7-18-15(9-12)19-10-2-1-3-10/h4-10H,1-3,17H2,(H,18,19). The molecule has 1 aliphatic rings. The number of aromatic nitrogens is 1. The molecule has 1 aliphatic carbocycles. The second-order valence-electron chi connectivity index (χ2n) is 4.93. The van der Waals surface area contributed by atoms with E-state index >= 15 is 0 Å². The van der Waals surface area contributed by atoms with Crippen LogP contribution in [0.25, 0.3) is 0 Å². The van der Waals surface area contributed by atoms with Crippen molar-refractivity contribution in [3.8, 4) is 11.5 Å². The van der Waals surface area contributed by atoms with E-state index in [9.17, 15) is 4.39 Å². The largest absolute Gasteiger partial charge is 0.457 e. The number of anilines is 2. The number of nitrogen functional groups attached to an aromatic ring is 1. The Balaban J connectivity index is 1.72. The van der Waals surface area contributed by atoms with Gasteiger partial charge in [-0.3, -0.25) is 0 Å². The number of nitrogens with one attached hydrogen (secondary N) is 1. The summed E-state index contributed by atoms with van der Waals surface area (Å²) in [7, 11) is 0. The van der Waals surface area contributed by atoms with Crippen LogP contribution in [0.5, 0.6) is 11.5 Å². The quantitative estimate of drug-likeness (QED) is 0.836. The number of benzene rings is 1. The lowest BCUT2D eigenvalue weighted by Crippen LogP contribution is -2.27. The van der Waals surface area contributed by atoms with Crippen molar-refractivity contribution >= 4 is 11.5 Å². The van der Waals surface area contributed by atoms with Gasteiger partial charge in [0.2, 0.25) is 0 Å². The number of halogens is 1. The molecule has 0 unspecified atom stereocenters.